The maximum absolute atomic E-state index is 11.9. The van der Waals surface area contributed by atoms with Gasteiger partial charge in [0.1, 0.15) is 5.75 Å². The van der Waals surface area contributed by atoms with Crippen LogP contribution >= 0.6 is 0 Å². The minimum absolute atomic E-state index is 0.0180. The highest BCUT2D eigenvalue weighted by molar-refractivity contribution is 5.74. The van der Waals surface area contributed by atoms with Gasteiger partial charge in [0.25, 0.3) is 0 Å². The predicted octanol–water partition coefficient (Wildman–Crippen LogP) is 1.62. The first-order chi connectivity index (χ1) is 9.81. The van der Waals surface area contributed by atoms with E-state index in [4.69, 9.17) is 4.74 Å². The Bertz CT molecular complexity index is 411. The van der Waals surface area contributed by atoms with Crippen molar-refractivity contribution < 1.29 is 14.6 Å². The molecule has 0 aliphatic carbocycles. The van der Waals surface area contributed by atoms with E-state index in [1.54, 1.807) is 4.90 Å². The monoisotopic (exact) mass is 278 g/mol. The molecule has 5 heteroatoms. The summed E-state index contributed by atoms with van der Waals surface area (Å²) in [5.41, 5.74) is 0. The van der Waals surface area contributed by atoms with Gasteiger partial charge in [0, 0.05) is 13.1 Å². The first-order valence-electron chi connectivity index (χ1n) is 7.14. The van der Waals surface area contributed by atoms with E-state index in [0.29, 0.717) is 13.2 Å². The molecule has 1 aliphatic rings. The molecule has 1 aromatic carbocycles. The van der Waals surface area contributed by atoms with E-state index in [0.717, 1.165) is 31.6 Å². The van der Waals surface area contributed by atoms with E-state index in [2.05, 4.69) is 5.32 Å². The van der Waals surface area contributed by atoms with E-state index in [1.165, 1.54) is 0 Å². The van der Waals surface area contributed by atoms with Crippen LogP contribution in [0.2, 0.25) is 0 Å². The second-order valence-electron chi connectivity index (χ2n) is 4.92. The molecule has 1 aromatic rings. The molecule has 110 valence electrons. The molecule has 0 aromatic heterocycles. The zero-order valence-electron chi connectivity index (χ0n) is 11.6. The van der Waals surface area contributed by atoms with Gasteiger partial charge in [-0.1, -0.05) is 18.2 Å². The molecular formula is C15H22N2O3. The molecule has 2 N–H and O–H groups in total. The number of urea groups is 1. The van der Waals surface area contributed by atoms with Gasteiger partial charge in [0.05, 0.1) is 19.3 Å². The number of hydrogen-bond acceptors (Lipinski definition) is 3. The highest BCUT2D eigenvalue weighted by Crippen LogP contribution is 2.16. The molecule has 2 amide bonds. The van der Waals surface area contributed by atoms with Crippen molar-refractivity contribution >= 4 is 6.03 Å². The fourth-order valence-electron chi connectivity index (χ4n) is 2.37. The number of hydrogen-bond donors (Lipinski definition) is 2. The van der Waals surface area contributed by atoms with Crippen LogP contribution in [-0.4, -0.2) is 48.4 Å². The Hall–Kier alpha value is -1.75. The second-order valence-corrected chi connectivity index (χ2v) is 4.92. The Morgan fingerprint density at radius 1 is 1.40 bits per heavy atom. The van der Waals surface area contributed by atoms with Crippen molar-refractivity contribution in [2.45, 2.75) is 25.3 Å². The number of aliphatic hydroxyl groups is 1. The number of aliphatic hydroxyl groups excluding tert-OH is 1. The molecule has 0 bridgehead atoms. The van der Waals surface area contributed by atoms with E-state index in [-0.39, 0.29) is 18.7 Å². The van der Waals surface area contributed by atoms with Crippen LogP contribution in [0.4, 0.5) is 4.79 Å². The maximum atomic E-state index is 11.9. The van der Waals surface area contributed by atoms with Crippen molar-refractivity contribution in [3.05, 3.63) is 30.3 Å². The van der Waals surface area contributed by atoms with Crippen LogP contribution in [0.1, 0.15) is 19.3 Å². The molecule has 5 nitrogen and oxygen atoms in total. The Morgan fingerprint density at radius 3 is 2.95 bits per heavy atom. The average molecular weight is 278 g/mol. The molecule has 20 heavy (non-hydrogen) atoms. The molecule has 0 spiro atoms. The number of carbonyl (C=O) groups is 1. The molecule has 0 radical (unpaired) electrons. The van der Waals surface area contributed by atoms with Crippen molar-refractivity contribution in [1.82, 2.24) is 10.2 Å². The highest BCUT2D eigenvalue weighted by atomic mass is 16.5. The van der Waals surface area contributed by atoms with Gasteiger partial charge in [0.15, 0.2) is 0 Å². The zero-order valence-corrected chi connectivity index (χ0v) is 11.6. The van der Waals surface area contributed by atoms with Crippen LogP contribution in [0.25, 0.3) is 0 Å². The smallest absolute Gasteiger partial charge is 0.317 e. The van der Waals surface area contributed by atoms with Crippen molar-refractivity contribution in [3.63, 3.8) is 0 Å². The van der Waals surface area contributed by atoms with Crippen molar-refractivity contribution in [3.8, 4) is 5.75 Å². The SMILES string of the molecule is O=C(NCCCOc1ccccc1)N1CCCC1CO. The fourth-order valence-corrected chi connectivity index (χ4v) is 2.37. The van der Waals surface area contributed by atoms with Crippen LogP contribution in [0.5, 0.6) is 5.75 Å². The molecular weight excluding hydrogens is 256 g/mol. The minimum atomic E-state index is -0.0822. The number of amides is 2. The summed E-state index contributed by atoms with van der Waals surface area (Å²) < 4.78 is 5.55. The third-order valence-corrected chi connectivity index (χ3v) is 3.46. The number of ether oxygens (including phenoxy) is 1. The molecule has 0 saturated carbocycles. The van der Waals surface area contributed by atoms with Gasteiger partial charge in [-0.05, 0) is 31.4 Å². The van der Waals surface area contributed by atoms with Crippen LogP contribution < -0.4 is 10.1 Å². The lowest BCUT2D eigenvalue weighted by Gasteiger charge is -2.23. The Morgan fingerprint density at radius 2 is 2.20 bits per heavy atom. The Labute approximate surface area is 119 Å². The quantitative estimate of drug-likeness (QED) is 0.777. The van der Waals surface area contributed by atoms with Crippen LogP contribution in [0.15, 0.2) is 30.3 Å². The van der Waals surface area contributed by atoms with Crippen LogP contribution in [0.3, 0.4) is 0 Å². The summed E-state index contributed by atoms with van der Waals surface area (Å²) in [6, 6.07) is 9.53. The summed E-state index contributed by atoms with van der Waals surface area (Å²) >= 11 is 0. The van der Waals surface area contributed by atoms with Gasteiger partial charge in [0.2, 0.25) is 0 Å². The minimum Gasteiger partial charge on any atom is -0.494 e. The topological polar surface area (TPSA) is 61.8 Å². The lowest BCUT2D eigenvalue weighted by Crippen LogP contribution is -2.44. The normalized spacial score (nSPS) is 18.1. The molecule has 2 rings (SSSR count). The third-order valence-electron chi connectivity index (χ3n) is 3.46. The first-order valence-corrected chi connectivity index (χ1v) is 7.14. The number of nitrogens with one attached hydrogen (secondary N) is 1. The number of benzene rings is 1. The van der Waals surface area contributed by atoms with Gasteiger partial charge >= 0.3 is 6.03 Å². The van der Waals surface area contributed by atoms with E-state index < -0.39 is 0 Å². The maximum Gasteiger partial charge on any atom is 0.317 e. The molecule has 1 saturated heterocycles. The summed E-state index contributed by atoms with van der Waals surface area (Å²) in [7, 11) is 0. The van der Waals surface area contributed by atoms with E-state index >= 15 is 0 Å². The molecule has 1 fully saturated rings. The molecule has 1 heterocycles. The van der Waals surface area contributed by atoms with Gasteiger partial charge in [-0.15, -0.1) is 0 Å². The largest absolute Gasteiger partial charge is 0.494 e. The number of likely N-dealkylation sites (tertiary alicyclic amines) is 1. The lowest BCUT2D eigenvalue weighted by molar-refractivity contribution is 0.156. The molecule has 1 aliphatic heterocycles. The predicted molar refractivity (Wildman–Crippen MR) is 76.8 cm³/mol. The number of nitrogens with zero attached hydrogens (tertiary/aromatic N) is 1. The van der Waals surface area contributed by atoms with Crippen LogP contribution in [-0.2, 0) is 0 Å². The Kier molecular flexibility index (Phi) is 5.68. The van der Waals surface area contributed by atoms with E-state index in [1.807, 2.05) is 30.3 Å². The standard InChI is InChI=1S/C15H22N2O3/c18-12-13-6-4-10-17(13)15(19)16-9-5-11-20-14-7-2-1-3-8-14/h1-3,7-8,13,18H,4-6,9-12H2,(H,16,19). The summed E-state index contributed by atoms with van der Waals surface area (Å²) in [6.07, 6.45) is 2.62. The second kappa shape index (κ2) is 7.75. The van der Waals surface area contributed by atoms with Gasteiger partial charge in [-0.3, -0.25) is 0 Å². The summed E-state index contributed by atoms with van der Waals surface area (Å²) in [5.74, 6) is 0.846. The molecule has 1 unspecified atom stereocenters. The van der Waals surface area contributed by atoms with Gasteiger partial charge < -0.3 is 20.1 Å². The zero-order chi connectivity index (χ0) is 14.2. The average Bonchev–Trinajstić information content (AvgIpc) is 2.96. The Balaban J connectivity index is 1.60. The third kappa shape index (κ3) is 4.13. The van der Waals surface area contributed by atoms with Crippen LogP contribution in [0, 0.1) is 0 Å². The summed E-state index contributed by atoms with van der Waals surface area (Å²) in [6.45, 7) is 1.94. The first kappa shape index (κ1) is 14.7. The van der Waals surface area contributed by atoms with Crippen molar-refractivity contribution in [2.75, 3.05) is 26.3 Å². The number of carbonyl (C=O) groups excluding carboxylic acids is 1. The lowest BCUT2D eigenvalue weighted by atomic mass is 10.2. The van der Waals surface area contributed by atoms with E-state index in [9.17, 15) is 9.90 Å². The number of para-hydroxylation sites is 1. The van der Waals surface area contributed by atoms with Crippen molar-refractivity contribution in [2.24, 2.45) is 0 Å². The highest BCUT2D eigenvalue weighted by Gasteiger charge is 2.27. The van der Waals surface area contributed by atoms with Gasteiger partial charge in [-0.2, -0.15) is 0 Å². The van der Waals surface area contributed by atoms with Gasteiger partial charge in [-0.25, -0.2) is 4.79 Å². The summed E-state index contributed by atoms with van der Waals surface area (Å²) in [4.78, 5) is 13.6. The molecule has 1 atom stereocenters. The van der Waals surface area contributed by atoms with Crippen molar-refractivity contribution in [1.29, 1.82) is 0 Å². The summed E-state index contributed by atoms with van der Waals surface area (Å²) in [5, 5.41) is 12.1. The number of rotatable bonds is 6. The fraction of sp³-hybridized carbons (Fsp3) is 0.533.